The summed E-state index contributed by atoms with van der Waals surface area (Å²) in [6, 6.07) is 11.1. The van der Waals surface area contributed by atoms with Crippen LogP contribution in [0.3, 0.4) is 0 Å². The van der Waals surface area contributed by atoms with Gasteiger partial charge in [-0.3, -0.25) is 9.59 Å². The quantitative estimate of drug-likeness (QED) is 0.837. The molecule has 0 spiro atoms. The number of carbonyl (C=O) groups is 2. The summed E-state index contributed by atoms with van der Waals surface area (Å²) in [6.45, 7) is 5.52. The minimum Gasteiger partial charge on any atom is -0.482 e. The van der Waals surface area contributed by atoms with Crippen LogP contribution in [-0.4, -0.2) is 36.9 Å². The molecule has 138 valence electrons. The number of rotatable bonds is 6. The first-order valence-corrected chi connectivity index (χ1v) is 8.64. The van der Waals surface area contributed by atoms with Crippen molar-refractivity contribution in [3.63, 3.8) is 0 Å². The van der Waals surface area contributed by atoms with Gasteiger partial charge in [-0.25, -0.2) is 0 Å². The van der Waals surface area contributed by atoms with Crippen LogP contribution in [0.4, 0.5) is 5.69 Å². The molecule has 26 heavy (non-hydrogen) atoms. The van der Waals surface area contributed by atoms with Gasteiger partial charge in [0.25, 0.3) is 5.91 Å². The van der Waals surface area contributed by atoms with E-state index in [-0.39, 0.29) is 25.0 Å². The summed E-state index contributed by atoms with van der Waals surface area (Å²) in [7, 11) is 1.56. The first-order valence-electron chi connectivity index (χ1n) is 8.27. The van der Waals surface area contributed by atoms with Crippen LogP contribution >= 0.6 is 11.6 Å². The fourth-order valence-electron chi connectivity index (χ4n) is 2.47. The number of nitrogens with one attached hydrogen (secondary N) is 1. The van der Waals surface area contributed by atoms with Crippen LogP contribution in [0, 0.1) is 20.8 Å². The van der Waals surface area contributed by atoms with Crippen molar-refractivity contribution < 1.29 is 14.3 Å². The molecule has 2 aromatic rings. The molecule has 1 N–H and O–H groups in total. The Balaban J connectivity index is 1.90. The number of halogens is 1. The second-order valence-corrected chi connectivity index (χ2v) is 6.69. The first kappa shape index (κ1) is 19.8. The SMILES string of the molecule is Cc1ccc(Cl)c(OCC(=O)N(C)CC(=O)Nc2c(C)cccc2C)c1. The van der Waals surface area contributed by atoms with E-state index in [1.54, 1.807) is 19.2 Å². The molecule has 0 fully saturated rings. The molecule has 0 atom stereocenters. The highest BCUT2D eigenvalue weighted by Gasteiger charge is 2.15. The van der Waals surface area contributed by atoms with Crippen LogP contribution in [-0.2, 0) is 9.59 Å². The molecule has 0 aliphatic heterocycles. The number of carbonyl (C=O) groups excluding carboxylic acids is 2. The molecule has 0 saturated carbocycles. The van der Waals surface area contributed by atoms with Crippen molar-refractivity contribution in [2.45, 2.75) is 20.8 Å². The number of anilines is 1. The van der Waals surface area contributed by atoms with E-state index in [9.17, 15) is 9.59 Å². The molecule has 0 aliphatic carbocycles. The van der Waals surface area contributed by atoms with Gasteiger partial charge in [0, 0.05) is 12.7 Å². The van der Waals surface area contributed by atoms with Gasteiger partial charge in [-0.15, -0.1) is 0 Å². The summed E-state index contributed by atoms with van der Waals surface area (Å²) in [5, 5.41) is 3.30. The lowest BCUT2D eigenvalue weighted by Gasteiger charge is -2.18. The third-order valence-electron chi connectivity index (χ3n) is 3.99. The molecule has 0 unspecified atom stereocenters. The van der Waals surface area contributed by atoms with Gasteiger partial charge in [-0.1, -0.05) is 35.9 Å². The van der Waals surface area contributed by atoms with E-state index in [1.807, 2.05) is 45.0 Å². The number of hydrogen-bond acceptors (Lipinski definition) is 3. The van der Waals surface area contributed by atoms with Gasteiger partial charge in [0.15, 0.2) is 6.61 Å². The number of nitrogens with zero attached hydrogens (tertiary/aromatic N) is 1. The van der Waals surface area contributed by atoms with Crippen molar-refractivity contribution >= 4 is 29.1 Å². The van der Waals surface area contributed by atoms with Crippen LogP contribution in [0.2, 0.25) is 5.02 Å². The topological polar surface area (TPSA) is 58.6 Å². The van der Waals surface area contributed by atoms with Crippen molar-refractivity contribution in [3.05, 3.63) is 58.1 Å². The summed E-state index contributed by atoms with van der Waals surface area (Å²) in [4.78, 5) is 25.8. The van der Waals surface area contributed by atoms with Gasteiger partial charge < -0.3 is 15.0 Å². The van der Waals surface area contributed by atoms with Gasteiger partial charge >= 0.3 is 0 Å². The first-order chi connectivity index (χ1) is 12.3. The fourth-order valence-corrected chi connectivity index (χ4v) is 2.64. The van der Waals surface area contributed by atoms with Crippen molar-refractivity contribution in [3.8, 4) is 5.75 Å². The number of amides is 2. The van der Waals surface area contributed by atoms with E-state index in [0.717, 1.165) is 22.4 Å². The number of likely N-dealkylation sites (N-methyl/N-ethyl adjacent to an activating group) is 1. The molecular formula is C20H23ClN2O3. The Morgan fingerprint density at radius 1 is 1.12 bits per heavy atom. The zero-order valence-electron chi connectivity index (χ0n) is 15.4. The van der Waals surface area contributed by atoms with Crippen LogP contribution in [0.25, 0.3) is 0 Å². The van der Waals surface area contributed by atoms with Gasteiger partial charge in [0.05, 0.1) is 11.6 Å². The molecule has 0 aliphatic rings. The molecule has 0 radical (unpaired) electrons. The smallest absolute Gasteiger partial charge is 0.260 e. The molecule has 2 rings (SSSR count). The Morgan fingerprint density at radius 2 is 1.77 bits per heavy atom. The second-order valence-electron chi connectivity index (χ2n) is 6.29. The Kier molecular flexibility index (Phi) is 6.64. The van der Waals surface area contributed by atoms with E-state index in [2.05, 4.69) is 5.32 Å². The van der Waals surface area contributed by atoms with E-state index in [1.165, 1.54) is 4.90 Å². The highest BCUT2D eigenvalue weighted by molar-refractivity contribution is 6.32. The van der Waals surface area contributed by atoms with Crippen molar-refractivity contribution in [2.24, 2.45) is 0 Å². The third kappa shape index (κ3) is 5.23. The number of para-hydroxylation sites is 1. The Morgan fingerprint density at radius 3 is 2.42 bits per heavy atom. The second kappa shape index (κ2) is 8.72. The Bertz CT molecular complexity index is 800. The fraction of sp³-hybridized carbons (Fsp3) is 0.300. The lowest BCUT2D eigenvalue weighted by molar-refractivity contribution is -0.135. The highest BCUT2D eigenvalue weighted by atomic mass is 35.5. The molecule has 6 heteroatoms. The van der Waals surface area contributed by atoms with E-state index >= 15 is 0 Å². The molecule has 0 heterocycles. The zero-order valence-corrected chi connectivity index (χ0v) is 16.2. The highest BCUT2D eigenvalue weighted by Crippen LogP contribution is 2.25. The normalized spacial score (nSPS) is 10.3. The average molecular weight is 375 g/mol. The zero-order chi connectivity index (χ0) is 19.3. The predicted molar refractivity (Wildman–Crippen MR) is 104 cm³/mol. The molecular weight excluding hydrogens is 352 g/mol. The standard InChI is InChI=1S/C20H23ClN2O3/c1-13-8-9-16(21)17(10-13)26-12-19(25)23(4)11-18(24)22-20-14(2)6-5-7-15(20)3/h5-10H,11-12H2,1-4H3,(H,22,24). The van der Waals surface area contributed by atoms with Gasteiger partial charge in [-0.2, -0.15) is 0 Å². The average Bonchev–Trinajstić information content (AvgIpc) is 2.58. The maximum absolute atomic E-state index is 12.2. The van der Waals surface area contributed by atoms with Crippen LogP contribution in [0.15, 0.2) is 36.4 Å². The van der Waals surface area contributed by atoms with E-state index < -0.39 is 0 Å². The minimum absolute atomic E-state index is 0.0580. The summed E-state index contributed by atoms with van der Waals surface area (Å²) in [5.41, 5.74) is 3.72. The molecule has 2 aromatic carbocycles. The Hall–Kier alpha value is -2.53. The molecule has 2 amide bonds. The maximum atomic E-state index is 12.2. The van der Waals surface area contributed by atoms with Crippen LogP contribution < -0.4 is 10.1 Å². The number of benzene rings is 2. The summed E-state index contributed by atoms with van der Waals surface area (Å²) < 4.78 is 5.48. The van der Waals surface area contributed by atoms with Gasteiger partial charge in [-0.05, 0) is 49.6 Å². The minimum atomic E-state index is -0.306. The largest absolute Gasteiger partial charge is 0.482 e. The molecule has 0 bridgehead atoms. The summed E-state index contributed by atoms with van der Waals surface area (Å²) in [5.74, 6) is -0.112. The van der Waals surface area contributed by atoms with E-state index in [4.69, 9.17) is 16.3 Å². The number of hydrogen-bond donors (Lipinski definition) is 1. The summed E-state index contributed by atoms with van der Waals surface area (Å²) >= 11 is 6.05. The third-order valence-corrected chi connectivity index (χ3v) is 4.30. The summed E-state index contributed by atoms with van der Waals surface area (Å²) in [6.07, 6.45) is 0. The Labute approximate surface area is 158 Å². The van der Waals surface area contributed by atoms with Crippen molar-refractivity contribution in [2.75, 3.05) is 25.5 Å². The lowest BCUT2D eigenvalue weighted by Crippen LogP contribution is -2.37. The molecule has 5 nitrogen and oxygen atoms in total. The van der Waals surface area contributed by atoms with Gasteiger partial charge in [0.1, 0.15) is 5.75 Å². The van der Waals surface area contributed by atoms with Gasteiger partial charge in [0.2, 0.25) is 5.91 Å². The number of aryl methyl sites for hydroxylation is 3. The van der Waals surface area contributed by atoms with E-state index in [0.29, 0.717) is 10.8 Å². The molecule has 0 aromatic heterocycles. The number of ether oxygens (including phenoxy) is 1. The molecule has 0 saturated heterocycles. The monoisotopic (exact) mass is 374 g/mol. The van der Waals surface area contributed by atoms with Crippen LogP contribution in [0.5, 0.6) is 5.75 Å². The maximum Gasteiger partial charge on any atom is 0.260 e. The van der Waals surface area contributed by atoms with Crippen LogP contribution in [0.1, 0.15) is 16.7 Å². The van der Waals surface area contributed by atoms with Crippen molar-refractivity contribution in [1.29, 1.82) is 0 Å². The van der Waals surface area contributed by atoms with Crippen molar-refractivity contribution in [1.82, 2.24) is 4.90 Å². The lowest BCUT2D eigenvalue weighted by atomic mass is 10.1. The predicted octanol–water partition coefficient (Wildman–Crippen LogP) is 3.74.